The number of likely N-dealkylation sites (N-methyl/N-ethyl adjacent to an activating group) is 2. The molecular weight excluding hydrogens is 386 g/mol. The van der Waals surface area contributed by atoms with Crippen molar-refractivity contribution in [2.45, 2.75) is 53.5 Å². The molecule has 1 aromatic carbocycles. The van der Waals surface area contributed by atoms with Gasteiger partial charge in [-0.2, -0.15) is 0 Å². The minimum Gasteiger partial charge on any atom is -0.490 e. The van der Waals surface area contributed by atoms with E-state index in [0.717, 1.165) is 50.3 Å². The molecule has 31 heavy (non-hydrogen) atoms. The van der Waals surface area contributed by atoms with Gasteiger partial charge >= 0.3 is 0 Å². The molecule has 2 rings (SSSR count). The number of benzene rings is 1. The zero-order chi connectivity index (χ0) is 22.6. The monoisotopic (exact) mass is 425 g/mol. The molecule has 5 heteroatoms. The molecule has 0 bridgehead atoms. The van der Waals surface area contributed by atoms with Crippen LogP contribution in [0.4, 0.5) is 0 Å². The zero-order valence-corrected chi connectivity index (χ0v) is 19.9. The Morgan fingerprint density at radius 2 is 1.71 bits per heavy atom. The molecule has 0 unspecified atom stereocenters. The van der Waals surface area contributed by atoms with Crippen molar-refractivity contribution in [1.82, 2.24) is 15.3 Å². The molecule has 0 spiro atoms. The fourth-order valence-corrected chi connectivity index (χ4v) is 3.61. The highest BCUT2D eigenvalue weighted by Gasteiger charge is 2.28. The maximum absolute atomic E-state index is 12.3. The summed E-state index contributed by atoms with van der Waals surface area (Å²) >= 11 is 0. The predicted octanol–water partition coefficient (Wildman–Crippen LogP) is 4.83. The van der Waals surface area contributed by atoms with Crippen molar-refractivity contribution in [3.8, 4) is 5.75 Å². The third kappa shape index (κ3) is 9.11. The number of nitrogens with zero attached hydrogens (tertiary/aromatic N) is 2. The normalized spacial score (nSPS) is 16.1. The van der Waals surface area contributed by atoms with Crippen molar-refractivity contribution in [2.24, 2.45) is 0 Å². The van der Waals surface area contributed by atoms with Crippen LogP contribution in [0.1, 0.15) is 53.0 Å². The topological polar surface area (TPSA) is 44.8 Å². The highest BCUT2D eigenvalue weighted by Crippen LogP contribution is 2.14. The molecule has 1 amide bonds. The summed E-state index contributed by atoms with van der Waals surface area (Å²) in [6, 6.07) is 8.00. The summed E-state index contributed by atoms with van der Waals surface area (Å²) in [5, 5.41) is 7.67. The van der Waals surface area contributed by atoms with Gasteiger partial charge < -0.3 is 10.1 Å². The number of hydrogen-bond acceptors (Lipinski definition) is 4. The summed E-state index contributed by atoms with van der Waals surface area (Å²) in [7, 11) is 0. The molecule has 5 nitrogen and oxygen atoms in total. The van der Waals surface area contributed by atoms with Gasteiger partial charge in [0.15, 0.2) is 0 Å². The summed E-state index contributed by atoms with van der Waals surface area (Å²) in [6.07, 6.45) is 10.00. The van der Waals surface area contributed by atoms with E-state index < -0.39 is 0 Å². The first-order valence-electron chi connectivity index (χ1n) is 11.4. The van der Waals surface area contributed by atoms with Crippen LogP contribution >= 0.6 is 0 Å². The minimum absolute atomic E-state index is 0.0481. The summed E-state index contributed by atoms with van der Waals surface area (Å²) in [4.78, 5) is 12.3. The van der Waals surface area contributed by atoms with Crippen molar-refractivity contribution < 1.29 is 9.53 Å². The van der Waals surface area contributed by atoms with Crippen LogP contribution in [0.5, 0.6) is 5.75 Å². The number of hydrazine groups is 1. The average molecular weight is 426 g/mol. The Labute approximate surface area is 188 Å². The quantitative estimate of drug-likeness (QED) is 0.407. The lowest BCUT2D eigenvalue weighted by Gasteiger charge is -2.24. The van der Waals surface area contributed by atoms with E-state index in [2.05, 4.69) is 62.1 Å². The van der Waals surface area contributed by atoms with Gasteiger partial charge in [0.2, 0.25) is 5.91 Å². The maximum atomic E-state index is 12.3. The smallest absolute Gasteiger partial charge is 0.244 e. The number of ether oxygens (including phenoxy) is 1. The number of amides is 1. The molecule has 0 aromatic heterocycles. The minimum atomic E-state index is -0.0481. The van der Waals surface area contributed by atoms with Crippen LogP contribution in [0.3, 0.4) is 0 Å². The highest BCUT2D eigenvalue weighted by atomic mass is 16.5. The van der Waals surface area contributed by atoms with Gasteiger partial charge in [-0.15, -0.1) is 0 Å². The van der Waals surface area contributed by atoms with Crippen LogP contribution in [-0.4, -0.2) is 54.8 Å². The van der Waals surface area contributed by atoms with Gasteiger partial charge in [0.25, 0.3) is 0 Å². The molecule has 1 heterocycles. The van der Waals surface area contributed by atoms with E-state index in [0.29, 0.717) is 6.61 Å². The molecular formula is C26H39N3O2. The van der Waals surface area contributed by atoms with Crippen LogP contribution in [0.2, 0.25) is 0 Å². The van der Waals surface area contributed by atoms with E-state index in [1.54, 1.807) is 6.08 Å². The van der Waals surface area contributed by atoms with E-state index in [1.807, 2.05) is 30.3 Å². The molecule has 170 valence electrons. The van der Waals surface area contributed by atoms with E-state index >= 15 is 0 Å². The van der Waals surface area contributed by atoms with Crippen LogP contribution in [0, 0.1) is 0 Å². The molecule has 1 saturated heterocycles. The lowest BCUT2D eigenvalue weighted by molar-refractivity contribution is -0.117. The Bertz CT molecular complexity index is 764. The number of allylic oxidation sites excluding steroid dienone is 3. The SMILES string of the molecule is CCN1CC(NC(=O)/C=C/c2ccc(OC/C=C(\C)CCC=C(C)C)cc2)CN1CC. The van der Waals surface area contributed by atoms with Gasteiger partial charge in [-0.3, -0.25) is 4.79 Å². The van der Waals surface area contributed by atoms with Crippen molar-refractivity contribution in [2.75, 3.05) is 32.8 Å². The van der Waals surface area contributed by atoms with Crippen molar-refractivity contribution >= 4 is 12.0 Å². The van der Waals surface area contributed by atoms with Gasteiger partial charge in [-0.05, 0) is 63.5 Å². The average Bonchev–Trinajstić information content (AvgIpc) is 3.14. The Balaban J connectivity index is 1.75. The Hall–Kier alpha value is -2.37. The second-order valence-corrected chi connectivity index (χ2v) is 8.30. The fourth-order valence-electron chi connectivity index (χ4n) is 3.61. The van der Waals surface area contributed by atoms with Crippen LogP contribution < -0.4 is 10.1 Å². The molecule has 1 aromatic rings. The van der Waals surface area contributed by atoms with Gasteiger partial charge in [0.05, 0.1) is 6.04 Å². The van der Waals surface area contributed by atoms with E-state index in [4.69, 9.17) is 4.74 Å². The number of carbonyl (C=O) groups is 1. The molecule has 0 radical (unpaired) electrons. The summed E-state index contributed by atoms with van der Waals surface area (Å²) in [5.74, 6) is 0.785. The third-order valence-electron chi connectivity index (χ3n) is 5.42. The largest absolute Gasteiger partial charge is 0.490 e. The molecule has 1 N–H and O–H groups in total. The summed E-state index contributed by atoms with van der Waals surface area (Å²) < 4.78 is 5.81. The molecule has 0 aliphatic carbocycles. The standard InChI is InChI=1S/C26H39N3O2/c1-6-28-19-24(20-29(28)7-2)27-26(30)16-13-23-11-14-25(15-12-23)31-18-17-22(5)10-8-9-21(3)4/h9,11-17,24H,6-8,10,18-20H2,1-5H3,(H,27,30)/b16-13+,22-17+. The molecule has 1 aliphatic heterocycles. The third-order valence-corrected chi connectivity index (χ3v) is 5.42. The number of hydrogen-bond donors (Lipinski definition) is 1. The lowest BCUT2D eigenvalue weighted by Crippen LogP contribution is -2.37. The number of rotatable bonds is 11. The maximum Gasteiger partial charge on any atom is 0.244 e. The van der Waals surface area contributed by atoms with E-state index in [-0.39, 0.29) is 11.9 Å². The Morgan fingerprint density at radius 1 is 1.06 bits per heavy atom. The van der Waals surface area contributed by atoms with Gasteiger partial charge in [-0.1, -0.05) is 43.2 Å². The van der Waals surface area contributed by atoms with Gasteiger partial charge in [0, 0.05) is 32.3 Å². The molecule has 0 saturated carbocycles. The molecule has 1 fully saturated rings. The summed E-state index contributed by atoms with van der Waals surface area (Å²) in [5.41, 5.74) is 3.68. The van der Waals surface area contributed by atoms with Gasteiger partial charge in [0.1, 0.15) is 12.4 Å². The fraction of sp³-hybridized carbons (Fsp3) is 0.500. The van der Waals surface area contributed by atoms with E-state index in [9.17, 15) is 4.79 Å². The molecule has 0 atom stereocenters. The first-order chi connectivity index (χ1) is 14.9. The van der Waals surface area contributed by atoms with Crippen molar-refractivity contribution in [1.29, 1.82) is 0 Å². The van der Waals surface area contributed by atoms with E-state index in [1.165, 1.54) is 11.1 Å². The lowest BCUT2D eigenvalue weighted by atomic mass is 10.1. The molecule has 1 aliphatic rings. The number of nitrogens with one attached hydrogen (secondary N) is 1. The first kappa shape index (κ1) is 24.9. The zero-order valence-electron chi connectivity index (χ0n) is 19.9. The predicted molar refractivity (Wildman–Crippen MR) is 130 cm³/mol. The van der Waals surface area contributed by atoms with Crippen molar-refractivity contribution in [3.63, 3.8) is 0 Å². The Kier molecular flexibility index (Phi) is 10.5. The Morgan fingerprint density at radius 3 is 2.29 bits per heavy atom. The summed E-state index contributed by atoms with van der Waals surface area (Å²) in [6.45, 7) is 14.9. The first-order valence-corrected chi connectivity index (χ1v) is 11.4. The van der Waals surface area contributed by atoms with Crippen LogP contribution in [0.15, 0.2) is 53.6 Å². The van der Waals surface area contributed by atoms with Crippen molar-refractivity contribution in [3.05, 3.63) is 59.2 Å². The second-order valence-electron chi connectivity index (χ2n) is 8.30. The number of carbonyl (C=O) groups excluding carboxylic acids is 1. The van der Waals surface area contributed by atoms with Gasteiger partial charge in [-0.25, -0.2) is 10.0 Å². The van der Waals surface area contributed by atoms with Crippen LogP contribution in [0.25, 0.3) is 6.08 Å². The second kappa shape index (κ2) is 13.1. The van der Waals surface area contributed by atoms with Crippen LogP contribution in [-0.2, 0) is 4.79 Å². The highest BCUT2D eigenvalue weighted by molar-refractivity contribution is 5.91.